The Morgan fingerprint density at radius 2 is 2.20 bits per heavy atom. The van der Waals surface area contributed by atoms with Gasteiger partial charge in [0.1, 0.15) is 5.60 Å². The van der Waals surface area contributed by atoms with Crippen molar-refractivity contribution in [3.05, 3.63) is 11.8 Å². The van der Waals surface area contributed by atoms with Gasteiger partial charge in [-0.2, -0.15) is 0 Å². The van der Waals surface area contributed by atoms with Crippen molar-refractivity contribution >= 4 is 6.09 Å². The Balaban J connectivity index is 2.59. The van der Waals surface area contributed by atoms with Gasteiger partial charge in [-0.15, -0.1) is 0 Å². The van der Waals surface area contributed by atoms with Crippen LogP contribution in [0.25, 0.3) is 0 Å². The van der Waals surface area contributed by atoms with Crippen LogP contribution in [0.1, 0.15) is 27.7 Å². The highest BCUT2D eigenvalue weighted by molar-refractivity contribution is 5.68. The molecule has 4 nitrogen and oxygen atoms in total. The minimum absolute atomic E-state index is 0.287. The Morgan fingerprint density at radius 3 is 2.67 bits per heavy atom. The molecule has 0 aromatic heterocycles. The molecule has 2 N–H and O–H groups in total. The monoisotopic (exact) mass is 212 g/mol. The van der Waals surface area contributed by atoms with Gasteiger partial charge in [0, 0.05) is 12.2 Å². The molecule has 1 atom stereocenters. The van der Waals surface area contributed by atoms with E-state index in [2.05, 4.69) is 0 Å². The lowest BCUT2D eigenvalue weighted by Gasteiger charge is -2.31. The highest BCUT2D eigenvalue weighted by Crippen LogP contribution is 2.15. The molecule has 0 fully saturated rings. The van der Waals surface area contributed by atoms with Crippen LogP contribution < -0.4 is 5.73 Å². The number of carbonyl (C=O) groups excluding carboxylic acids is 1. The van der Waals surface area contributed by atoms with Crippen molar-refractivity contribution in [2.45, 2.75) is 33.3 Å². The average Bonchev–Trinajstić information content (AvgIpc) is 1.98. The van der Waals surface area contributed by atoms with Crippen molar-refractivity contribution in [1.82, 2.24) is 4.90 Å². The molecule has 1 aliphatic heterocycles. The molecule has 0 saturated heterocycles. The zero-order valence-electron chi connectivity index (χ0n) is 9.91. The van der Waals surface area contributed by atoms with Gasteiger partial charge in [-0.05, 0) is 26.7 Å². The van der Waals surface area contributed by atoms with E-state index < -0.39 is 5.60 Å². The third-order valence-corrected chi connectivity index (χ3v) is 2.03. The number of nitrogens with two attached hydrogens (primary N) is 1. The summed E-state index contributed by atoms with van der Waals surface area (Å²) in [6.45, 7) is 8.75. The zero-order valence-corrected chi connectivity index (χ0v) is 9.91. The van der Waals surface area contributed by atoms with Crippen molar-refractivity contribution in [3.63, 3.8) is 0 Å². The molecule has 0 aromatic rings. The van der Waals surface area contributed by atoms with E-state index in [1.807, 2.05) is 33.8 Å². The first-order valence-electron chi connectivity index (χ1n) is 5.22. The van der Waals surface area contributed by atoms with E-state index in [0.717, 1.165) is 5.70 Å². The molecule has 15 heavy (non-hydrogen) atoms. The van der Waals surface area contributed by atoms with Crippen molar-refractivity contribution in [2.24, 2.45) is 11.7 Å². The topological polar surface area (TPSA) is 55.6 Å². The van der Waals surface area contributed by atoms with Crippen LogP contribution in [0.3, 0.4) is 0 Å². The first-order valence-corrected chi connectivity index (χ1v) is 5.22. The van der Waals surface area contributed by atoms with E-state index in [-0.39, 0.29) is 6.09 Å². The standard InChI is InChI=1S/C11H20N2O2/c1-8-5-9(12)7-13(6-8)10(14)15-11(2,3)4/h5,8H,6-7,12H2,1-4H3. The summed E-state index contributed by atoms with van der Waals surface area (Å²) in [7, 11) is 0. The fraction of sp³-hybridized carbons (Fsp3) is 0.727. The summed E-state index contributed by atoms with van der Waals surface area (Å²) < 4.78 is 5.28. The third kappa shape index (κ3) is 3.81. The number of hydrogen-bond donors (Lipinski definition) is 1. The SMILES string of the molecule is CC1C=C(N)CN(C(=O)OC(C)(C)C)C1. The maximum absolute atomic E-state index is 11.7. The van der Waals surface area contributed by atoms with Crippen molar-refractivity contribution in [2.75, 3.05) is 13.1 Å². The number of amides is 1. The van der Waals surface area contributed by atoms with Gasteiger partial charge in [0.2, 0.25) is 0 Å². The molecule has 1 heterocycles. The highest BCUT2D eigenvalue weighted by atomic mass is 16.6. The summed E-state index contributed by atoms with van der Waals surface area (Å²) in [6.07, 6.45) is 1.70. The fourth-order valence-electron chi connectivity index (χ4n) is 1.57. The minimum atomic E-state index is -0.448. The molecule has 1 aliphatic rings. The Labute approximate surface area is 91.1 Å². The summed E-state index contributed by atoms with van der Waals surface area (Å²) >= 11 is 0. The largest absolute Gasteiger partial charge is 0.444 e. The second-order valence-electron chi connectivity index (χ2n) is 5.08. The Kier molecular flexibility index (Phi) is 3.27. The third-order valence-electron chi connectivity index (χ3n) is 2.03. The quantitative estimate of drug-likeness (QED) is 0.665. The van der Waals surface area contributed by atoms with E-state index in [4.69, 9.17) is 10.5 Å². The van der Waals surface area contributed by atoms with E-state index in [1.165, 1.54) is 0 Å². The molecule has 1 amide bonds. The summed E-state index contributed by atoms with van der Waals surface area (Å²) in [6, 6.07) is 0. The van der Waals surface area contributed by atoms with Crippen LogP contribution >= 0.6 is 0 Å². The number of carbonyl (C=O) groups is 1. The van der Waals surface area contributed by atoms with Gasteiger partial charge in [0.25, 0.3) is 0 Å². The molecule has 86 valence electrons. The van der Waals surface area contributed by atoms with Crippen molar-refractivity contribution in [3.8, 4) is 0 Å². The second kappa shape index (κ2) is 4.13. The van der Waals surface area contributed by atoms with Crippen LogP contribution in [0.15, 0.2) is 11.8 Å². The molecule has 0 aromatic carbocycles. The van der Waals surface area contributed by atoms with Gasteiger partial charge in [0.15, 0.2) is 0 Å². The van der Waals surface area contributed by atoms with Crippen molar-refractivity contribution < 1.29 is 9.53 Å². The first-order chi connectivity index (χ1) is 6.78. The van der Waals surface area contributed by atoms with E-state index in [0.29, 0.717) is 19.0 Å². The lowest BCUT2D eigenvalue weighted by molar-refractivity contribution is 0.0240. The molecular formula is C11H20N2O2. The predicted molar refractivity (Wildman–Crippen MR) is 59.2 cm³/mol. The minimum Gasteiger partial charge on any atom is -0.444 e. The maximum atomic E-state index is 11.7. The molecule has 1 rings (SSSR count). The normalized spacial score (nSPS) is 22.3. The predicted octanol–water partition coefficient (Wildman–Crippen LogP) is 1.72. The van der Waals surface area contributed by atoms with Gasteiger partial charge in [-0.3, -0.25) is 0 Å². The zero-order chi connectivity index (χ0) is 11.6. The van der Waals surface area contributed by atoms with Crippen LogP contribution in [0.5, 0.6) is 0 Å². The van der Waals surface area contributed by atoms with E-state index in [9.17, 15) is 4.79 Å². The summed E-state index contributed by atoms with van der Waals surface area (Å²) in [4.78, 5) is 13.4. The van der Waals surface area contributed by atoms with Crippen molar-refractivity contribution in [1.29, 1.82) is 0 Å². The Morgan fingerprint density at radius 1 is 1.60 bits per heavy atom. The molecule has 1 unspecified atom stereocenters. The number of rotatable bonds is 0. The number of ether oxygens (including phenoxy) is 1. The van der Waals surface area contributed by atoms with Gasteiger partial charge in [-0.25, -0.2) is 4.79 Å². The molecular weight excluding hydrogens is 192 g/mol. The maximum Gasteiger partial charge on any atom is 0.410 e. The molecule has 0 saturated carbocycles. The van der Waals surface area contributed by atoms with Crippen LogP contribution in [-0.4, -0.2) is 29.7 Å². The van der Waals surface area contributed by atoms with Crippen LogP contribution in [0.4, 0.5) is 4.79 Å². The Hall–Kier alpha value is -1.19. The molecule has 0 aliphatic carbocycles. The molecule has 4 heteroatoms. The first kappa shape index (κ1) is 11.9. The average molecular weight is 212 g/mol. The van der Waals surface area contributed by atoms with E-state index in [1.54, 1.807) is 4.90 Å². The van der Waals surface area contributed by atoms with Gasteiger partial charge in [-0.1, -0.05) is 13.0 Å². The molecule has 0 spiro atoms. The Bertz CT molecular complexity index is 279. The lowest BCUT2D eigenvalue weighted by Crippen LogP contribution is -2.43. The van der Waals surface area contributed by atoms with E-state index >= 15 is 0 Å². The fourth-order valence-corrected chi connectivity index (χ4v) is 1.57. The smallest absolute Gasteiger partial charge is 0.410 e. The van der Waals surface area contributed by atoms with Crippen LogP contribution in [-0.2, 0) is 4.74 Å². The second-order valence-corrected chi connectivity index (χ2v) is 5.08. The summed E-state index contributed by atoms with van der Waals surface area (Å²) in [5.74, 6) is 0.297. The molecule has 0 radical (unpaired) electrons. The van der Waals surface area contributed by atoms with Gasteiger partial charge >= 0.3 is 6.09 Å². The van der Waals surface area contributed by atoms with Crippen LogP contribution in [0.2, 0.25) is 0 Å². The van der Waals surface area contributed by atoms with Gasteiger partial charge in [0.05, 0.1) is 6.54 Å². The summed E-state index contributed by atoms with van der Waals surface area (Å²) in [5.41, 5.74) is 6.02. The number of hydrogen-bond acceptors (Lipinski definition) is 3. The number of nitrogens with zero attached hydrogens (tertiary/aromatic N) is 1. The highest BCUT2D eigenvalue weighted by Gasteiger charge is 2.25. The molecule has 0 bridgehead atoms. The summed E-state index contributed by atoms with van der Waals surface area (Å²) in [5, 5.41) is 0. The lowest BCUT2D eigenvalue weighted by atomic mass is 10.1. The van der Waals surface area contributed by atoms with Gasteiger partial charge < -0.3 is 15.4 Å². The van der Waals surface area contributed by atoms with Crippen LogP contribution in [0, 0.1) is 5.92 Å².